The van der Waals surface area contributed by atoms with E-state index in [0.717, 1.165) is 19.4 Å². The number of likely N-dealkylation sites (N-methyl/N-ethyl adjacent to an activating group) is 1. The number of amides is 1. The van der Waals surface area contributed by atoms with Crippen molar-refractivity contribution in [1.29, 1.82) is 0 Å². The van der Waals surface area contributed by atoms with Crippen molar-refractivity contribution in [3.05, 3.63) is 0 Å². The Hall–Kier alpha value is -0.610. The van der Waals surface area contributed by atoms with Gasteiger partial charge in [-0.25, -0.2) is 0 Å². The number of hydrogen-bond acceptors (Lipinski definition) is 3. The molecular weight excluding hydrogens is 182 g/mol. The molecule has 1 N–H and O–H groups in total. The van der Waals surface area contributed by atoms with Crippen LogP contribution in [-0.4, -0.2) is 48.8 Å². The molecule has 0 radical (unpaired) electrons. The maximum atomic E-state index is 11.4. The first-order valence-electron chi connectivity index (χ1n) is 5.20. The fourth-order valence-corrected chi connectivity index (χ4v) is 1.62. The Morgan fingerprint density at radius 2 is 2.43 bits per heavy atom. The second-order valence-corrected chi connectivity index (χ2v) is 3.74. The average molecular weight is 201 g/mol. The molecule has 0 aromatic rings. The van der Waals surface area contributed by atoms with Crippen molar-refractivity contribution < 1.29 is 14.6 Å². The van der Waals surface area contributed by atoms with Gasteiger partial charge < -0.3 is 14.7 Å². The lowest BCUT2D eigenvalue weighted by atomic mass is 10.2. The minimum Gasteiger partial charge on any atom is -0.396 e. The van der Waals surface area contributed by atoms with E-state index in [2.05, 4.69) is 0 Å². The molecule has 1 aliphatic heterocycles. The summed E-state index contributed by atoms with van der Waals surface area (Å²) >= 11 is 0. The highest BCUT2D eigenvalue weighted by molar-refractivity contribution is 5.75. The Morgan fingerprint density at radius 3 is 3.00 bits per heavy atom. The van der Waals surface area contributed by atoms with E-state index in [1.165, 1.54) is 0 Å². The van der Waals surface area contributed by atoms with Crippen LogP contribution >= 0.6 is 0 Å². The van der Waals surface area contributed by atoms with Crippen LogP contribution in [0.3, 0.4) is 0 Å². The van der Waals surface area contributed by atoms with Crippen molar-refractivity contribution in [2.24, 2.45) is 0 Å². The van der Waals surface area contributed by atoms with Crippen LogP contribution in [0.1, 0.15) is 25.7 Å². The fraction of sp³-hybridized carbons (Fsp3) is 0.900. The highest BCUT2D eigenvalue weighted by atomic mass is 16.5. The zero-order valence-electron chi connectivity index (χ0n) is 8.74. The highest BCUT2D eigenvalue weighted by Gasteiger charge is 2.19. The molecular formula is C10H19NO3. The Morgan fingerprint density at radius 1 is 1.64 bits per heavy atom. The molecule has 1 unspecified atom stereocenters. The SMILES string of the molecule is CN(CC1CCCO1)C(=O)CCCO. The minimum atomic E-state index is 0.0828. The van der Waals surface area contributed by atoms with Gasteiger partial charge in [0.15, 0.2) is 0 Å². The predicted molar refractivity (Wildman–Crippen MR) is 52.9 cm³/mol. The summed E-state index contributed by atoms with van der Waals surface area (Å²) in [6, 6.07) is 0. The Labute approximate surface area is 84.8 Å². The molecule has 1 rings (SSSR count). The van der Waals surface area contributed by atoms with Gasteiger partial charge in [-0.05, 0) is 19.3 Å². The fourth-order valence-electron chi connectivity index (χ4n) is 1.62. The molecule has 4 nitrogen and oxygen atoms in total. The molecule has 0 spiro atoms. The van der Waals surface area contributed by atoms with E-state index < -0.39 is 0 Å². The Bertz CT molecular complexity index is 178. The quantitative estimate of drug-likeness (QED) is 0.700. The van der Waals surface area contributed by atoms with Crippen LogP contribution in [0.25, 0.3) is 0 Å². The van der Waals surface area contributed by atoms with Crippen molar-refractivity contribution >= 4 is 5.91 Å². The van der Waals surface area contributed by atoms with Gasteiger partial charge >= 0.3 is 0 Å². The maximum Gasteiger partial charge on any atom is 0.222 e. The summed E-state index contributed by atoms with van der Waals surface area (Å²) in [7, 11) is 1.79. The van der Waals surface area contributed by atoms with Crippen LogP contribution < -0.4 is 0 Å². The minimum absolute atomic E-state index is 0.0828. The van der Waals surface area contributed by atoms with Crippen LogP contribution in [-0.2, 0) is 9.53 Å². The van der Waals surface area contributed by atoms with E-state index >= 15 is 0 Å². The van der Waals surface area contributed by atoms with Crippen LogP contribution in [0.5, 0.6) is 0 Å². The highest BCUT2D eigenvalue weighted by Crippen LogP contribution is 2.13. The van der Waals surface area contributed by atoms with Crippen molar-refractivity contribution in [2.75, 3.05) is 26.8 Å². The molecule has 82 valence electrons. The molecule has 4 heteroatoms. The van der Waals surface area contributed by atoms with Crippen LogP contribution in [0.4, 0.5) is 0 Å². The summed E-state index contributed by atoms with van der Waals surface area (Å²) in [5.41, 5.74) is 0. The number of aliphatic hydroxyl groups excluding tert-OH is 1. The third-order valence-corrected chi connectivity index (χ3v) is 2.48. The molecule has 0 bridgehead atoms. The Balaban J connectivity index is 2.18. The molecule has 1 aliphatic rings. The maximum absolute atomic E-state index is 11.4. The first-order chi connectivity index (χ1) is 6.74. The lowest BCUT2D eigenvalue weighted by molar-refractivity contribution is -0.131. The van der Waals surface area contributed by atoms with Crippen LogP contribution in [0, 0.1) is 0 Å². The summed E-state index contributed by atoms with van der Waals surface area (Å²) < 4.78 is 5.43. The molecule has 1 amide bonds. The predicted octanol–water partition coefficient (Wildman–Crippen LogP) is 0.396. The number of aliphatic hydroxyl groups is 1. The molecule has 0 aromatic heterocycles. The lowest BCUT2D eigenvalue weighted by Gasteiger charge is -2.20. The lowest BCUT2D eigenvalue weighted by Crippen LogP contribution is -2.33. The van der Waals surface area contributed by atoms with Gasteiger partial charge in [0.25, 0.3) is 0 Å². The van der Waals surface area contributed by atoms with Gasteiger partial charge in [0.2, 0.25) is 5.91 Å². The van der Waals surface area contributed by atoms with Crippen molar-refractivity contribution in [3.63, 3.8) is 0 Å². The number of carbonyl (C=O) groups is 1. The summed E-state index contributed by atoms with van der Waals surface area (Å²) in [4.78, 5) is 13.1. The molecule has 0 aromatic carbocycles. The molecule has 0 saturated carbocycles. The van der Waals surface area contributed by atoms with E-state index in [9.17, 15) is 4.79 Å². The number of hydrogen-bond donors (Lipinski definition) is 1. The number of ether oxygens (including phenoxy) is 1. The van der Waals surface area contributed by atoms with Crippen LogP contribution in [0.15, 0.2) is 0 Å². The average Bonchev–Trinajstić information content (AvgIpc) is 2.66. The van der Waals surface area contributed by atoms with E-state index in [1.54, 1.807) is 11.9 Å². The van der Waals surface area contributed by atoms with Gasteiger partial charge in [-0.15, -0.1) is 0 Å². The normalized spacial score (nSPS) is 21.1. The largest absolute Gasteiger partial charge is 0.396 e. The van der Waals surface area contributed by atoms with Gasteiger partial charge in [-0.2, -0.15) is 0 Å². The molecule has 1 saturated heterocycles. The molecule has 1 heterocycles. The van der Waals surface area contributed by atoms with Crippen molar-refractivity contribution in [1.82, 2.24) is 4.90 Å². The number of carbonyl (C=O) groups excluding carboxylic acids is 1. The van der Waals surface area contributed by atoms with E-state index in [-0.39, 0.29) is 18.6 Å². The molecule has 1 fully saturated rings. The smallest absolute Gasteiger partial charge is 0.222 e. The zero-order valence-corrected chi connectivity index (χ0v) is 8.74. The third kappa shape index (κ3) is 3.64. The van der Waals surface area contributed by atoms with Gasteiger partial charge in [-0.3, -0.25) is 4.79 Å². The van der Waals surface area contributed by atoms with Gasteiger partial charge in [0, 0.05) is 33.2 Å². The van der Waals surface area contributed by atoms with Crippen molar-refractivity contribution in [2.45, 2.75) is 31.8 Å². The van der Waals surface area contributed by atoms with Gasteiger partial charge in [-0.1, -0.05) is 0 Å². The van der Waals surface area contributed by atoms with E-state index in [4.69, 9.17) is 9.84 Å². The second-order valence-electron chi connectivity index (χ2n) is 3.74. The molecule has 14 heavy (non-hydrogen) atoms. The van der Waals surface area contributed by atoms with E-state index in [1.807, 2.05) is 0 Å². The summed E-state index contributed by atoms with van der Waals surface area (Å²) in [6.45, 7) is 1.59. The number of rotatable bonds is 5. The first kappa shape index (κ1) is 11.5. The van der Waals surface area contributed by atoms with Crippen LogP contribution in [0.2, 0.25) is 0 Å². The summed E-state index contributed by atoms with van der Waals surface area (Å²) in [5.74, 6) is 0.0922. The standard InChI is InChI=1S/C10H19NO3/c1-11(10(13)5-2-6-12)8-9-4-3-7-14-9/h9,12H,2-8H2,1H3. The topological polar surface area (TPSA) is 49.8 Å². The Kier molecular flexibility index (Phi) is 4.90. The second kappa shape index (κ2) is 5.98. The van der Waals surface area contributed by atoms with Gasteiger partial charge in [0.1, 0.15) is 0 Å². The monoisotopic (exact) mass is 201 g/mol. The third-order valence-electron chi connectivity index (χ3n) is 2.48. The summed E-state index contributed by atoms with van der Waals surface area (Å²) in [5, 5.41) is 8.59. The first-order valence-corrected chi connectivity index (χ1v) is 5.20. The molecule has 1 atom stereocenters. The number of nitrogens with zero attached hydrogens (tertiary/aromatic N) is 1. The van der Waals surface area contributed by atoms with Gasteiger partial charge in [0.05, 0.1) is 6.10 Å². The van der Waals surface area contributed by atoms with E-state index in [0.29, 0.717) is 19.4 Å². The zero-order chi connectivity index (χ0) is 10.4. The molecule has 0 aliphatic carbocycles. The van der Waals surface area contributed by atoms with Crippen molar-refractivity contribution in [3.8, 4) is 0 Å². The summed E-state index contributed by atoms with van der Waals surface area (Å²) in [6.07, 6.45) is 3.35.